The Morgan fingerprint density at radius 2 is 1.63 bits per heavy atom. The van der Waals surface area contributed by atoms with Gasteiger partial charge in [0.15, 0.2) is 0 Å². The average Bonchev–Trinajstić information content (AvgIpc) is 3.36. The number of thioether (sulfide) groups is 1. The van der Waals surface area contributed by atoms with E-state index in [0.717, 1.165) is 22.4 Å². The molecule has 6 rings (SSSR count). The molecule has 4 atom stereocenters. The molecule has 0 saturated heterocycles. The minimum atomic E-state index is -0.328. The van der Waals surface area contributed by atoms with Crippen LogP contribution >= 0.6 is 11.8 Å². The van der Waals surface area contributed by atoms with Crippen LogP contribution in [-0.2, 0) is 0 Å². The fourth-order valence-electron chi connectivity index (χ4n) is 6.28. The van der Waals surface area contributed by atoms with Gasteiger partial charge >= 0.3 is 0 Å². The summed E-state index contributed by atoms with van der Waals surface area (Å²) < 4.78 is 6.09. The van der Waals surface area contributed by atoms with Gasteiger partial charge in [0.2, 0.25) is 0 Å². The number of para-hydroxylation sites is 1. The van der Waals surface area contributed by atoms with E-state index in [1.165, 1.54) is 41.6 Å². The topological polar surface area (TPSA) is 58.6 Å². The van der Waals surface area contributed by atoms with Crippen molar-refractivity contribution in [1.82, 2.24) is 0 Å². The maximum Gasteiger partial charge on any atom is 0.266 e. The van der Waals surface area contributed by atoms with Gasteiger partial charge in [0.1, 0.15) is 11.5 Å². The molecule has 3 aliphatic rings. The second-order valence-corrected chi connectivity index (χ2v) is 11.6. The molecule has 1 fully saturated rings. The minimum Gasteiger partial charge on any atom is -0.457 e. The van der Waals surface area contributed by atoms with Crippen molar-refractivity contribution in [2.75, 3.05) is 16.5 Å². The Morgan fingerprint density at radius 1 is 0.895 bits per heavy atom. The third kappa shape index (κ3) is 4.41. The summed E-state index contributed by atoms with van der Waals surface area (Å²) in [5, 5.41) is 3.67. The minimum absolute atomic E-state index is 0.307. The summed E-state index contributed by atoms with van der Waals surface area (Å²) in [5.74, 6) is 3.35. The van der Waals surface area contributed by atoms with Crippen LogP contribution in [0, 0.1) is 23.7 Å². The van der Waals surface area contributed by atoms with Gasteiger partial charge in [-0.05, 0) is 91.4 Å². The van der Waals surface area contributed by atoms with Gasteiger partial charge in [-0.15, -0.1) is 11.8 Å². The van der Waals surface area contributed by atoms with Gasteiger partial charge in [-0.2, -0.15) is 0 Å². The summed E-state index contributed by atoms with van der Waals surface area (Å²) in [6.45, 7) is 4.71. The van der Waals surface area contributed by atoms with E-state index in [2.05, 4.69) is 25.2 Å². The first-order valence-corrected chi connectivity index (χ1v) is 14.6. The number of rotatable bonds is 6. The Bertz CT molecular complexity index is 1430. The van der Waals surface area contributed by atoms with Gasteiger partial charge in [-0.3, -0.25) is 9.59 Å². The number of amides is 2. The second-order valence-electron chi connectivity index (χ2n) is 10.7. The lowest BCUT2D eigenvalue weighted by Crippen LogP contribution is -2.29. The summed E-state index contributed by atoms with van der Waals surface area (Å²) in [7, 11) is 0. The molecular formula is C32H32N2O3S. The number of hydrogen-bond donors (Lipinski definition) is 1. The number of fused-ring (bicyclic) bond motifs is 2. The zero-order chi connectivity index (χ0) is 26.4. The molecule has 1 unspecified atom stereocenters. The van der Waals surface area contributed by atoms with E-state index in [1.54, 1.807) is 24.3 Å². The van der Waals surface area contributed by atoms with Crippen LogP contribution < -0.4 is 15.0 Å². The molecule has 0 radical (unpaired) electrons. The molecule has 2 aliphatic carbocycles. The number of allylic oxidation sites excluding steroid dienone is 2. The fraction of sp³-hybridized carbons (Fsp3) is 0.312. The van der Waals surface area contributed by atoms with Crippen molar-refractivity contribution in [1.29, 1.82) is 0 Å². The van der Waals surface area contributed by atoms with Crippen LogP contribution in [0.15, 0.2) is 83.4 Å². The Hall–Kier alpha value is -3.51. The Balaban J connectivity index is 1.16. The molecule has 5 nitrogen and oxygen atoms in total. The molecule has 0 bridgehead atoms. The molecule has 3 aromatic rings. The Labute approximate surface area is 228 Å². The predicted octanol–water partition coefficient (Wildman–Crippen LogP) is 8.00. The second kappa shape index (κ2) is 9.99. The highest BCUT2D eigenvalue weighted by Crippen LogP contribution is 2.47. The lowest BCUT2D eigenvalue weighted by Gasteiger charge is -2.34. The van der Waals surface area contributed by atoms with Gasteiger partial charge in [0.05, 0.1) is 16.8 Å². The van der Waals surface area contributed by atoms with E-state index in [4.69, 9.17) is 4.74 Å². The van der Waals surface area contributed by atoms with Crippen LogP contribution in [0.25, 0.3) is 0 Å². The van der Waals surface area contributed by atoms with Crippen molar-refractivity contribution in [2.45, 2.75) is 38.0 Å². The van der Waals surface area contributed by atoms with Crippen LogP contribution in [0.3, 0.4) is 0 Å². The third-order valence-corrected chi connectivity index (χ3v) is 9.03. The molecular weight excluding hydrogens is 492 g/mol. The van der Waals surface area contributed by atoms with E-state index in [-0.39, 0.29) is 11.8 Å². The molecule has 0 spiro atoms. The average molecular weight is 525 g/mol. The molecule has 0 aromatic heterocycles. The van der Waals surface area contributed by atoms with Crippen LogP contribution in [0.5, 0.6) is 11.5 Å². The van der Waals surface area contributed by atoms with E-state index < -0.39 is 0 Å². The molecule has 38 heavy (non-hydrogen) atoms. The van der Waals surface area contributed by atoms with Crippen molar-refractivity contribution in [3.05, 3.63) is 89.6 Å². The molecule has 1 N–H and O–H groups in total. The van der Waals surface area contributed by atoms with E-state index in [0.29, 0.717) is 40.1 Å². The number of ether oxygens (including phenoxy) is 1. The summed E-state index contributed by atoms with van der Waals surface area (Å²) in [4.78, 5) is 28.5. The molecule has 1 aliphatic heterocycles. The standard InChI is InChI=1S/C32H32N2O3S/c1-19-8-14-24-20(2)17-28(26(24)16-19)33-21-9-11-22(12-10-21)37-23-13-15-25-27(18-23)32(36)34(31(25)35)29-6-4-5-7-30(29)38-3/h4-7,9-13,15,17-20,24,26,33H,8,14,16H2,1-3H3/t19-,20?,24+,26-/m1/s1. The maximum atomic E-state index is 13.3. The largest absolute Gasteiger partial charge is 0.457 e. The zero-order valence-electron chi connectivity index (χ0n) is 21.9. The van der Waals surface area contributed by atoms with Crippen LogP contribution in [0.2, 0.25) is 0 Å². The van der Waals surface area contributed by atoms with E-state index in [1.807, 2.05) is 48.7 Å². The van der Waals surface area contributed by atoms with Crippen molar-refractivity contribution in [2.24, 2.45) is 23.7 Å². The first-order valence-electron chi connectivity index (χ1n) is 13.4. The molecule has 194 valence electrons. The van der Waals surface area contributed by atoms with Gasteiger partial charge < -0.3 is 10.1 Å². The maximum absolute atomic E-state index is 13.3. The molecule has 1 heterocycles. The van der Waals surface area contributed by atoms with Crippen molar-refractivity contribution < 1.29 is 14.3 Å². The smallest absolute Gasteiger partial charge is 0.266 e. The molecule has 6 heteroatoms. The monoisotopic (exact) mass is 524 g/mol. The lowest BCUT2D eigenvalue weighted by atomic mass is 9.73. The normalized spacial score (nSPS) is 24.2. The number of carbonyl (C=O) groups excluding carboxylic acids is 2. The fourth-order valence-corrected chi connectivity index (χ4v) is 6.86. The number of hydrogen-bond acceptors (Lipinski definition) is 5. The van der Waals surface area contributed by atoms with Crippen molar-refractivity contribution in [3.8, 4) is 11.5 Å². The molecule has 2 amide bonds. The Kier molecular flexibility index (Phi) is 6.52. The van der Waals surface area contributed by atoms with Gasteiger partial charge in [-0.1, -0.05) is 38.5 Å². The number of carbonyl (C=O) groups is 2. The summed E-state index contributed by atoms with van der Waals surface area (Å²) in [6.07, 6.45) is 8.26. The summed E-state index contributed by atoms with van der Waals surface area (Å²) in [6, 6.07) is 20.5. The first-order chi connectivity index (χ1) is 18.4. The van der Waals surface area contributed by atoms with E-state index >= 15 is 0 Å². The molecule has 1 saturated carbocycles. The van der Waals surface area contributed by atoms with Gasteiger partial charge in [0.25, 0.3) is 11.8 Å². The van der Waals surface area contributed by atoms with Crippen molar-refractivity contribution >= 4 is 35.0 Å². The number of nitrogens with zero attached hydrogens (tertiary/aromatic N) is 1. The highest BCUT2D eigenvalue weighted by atomic mass is 32.2. The van der Waals surface area contributed by atoms with Gasteiger partial charge in [0, 0.05) is 22.2 Å². The third-order valence-electron chi connectivity index (χ3n) is 8.25. The quantitative estimate of drug-likeness (QED) is 0.261. The molecule has 3 aromatic carbocycles. The van der Waals surface area contributed by atoms with Crippen LogP contribution in [-0.4, -0.2) is 18.1 Å². The Morgan fingerprint density at radius 3 is 2.42 bits per heavy atom. The summed E-state index contributed by atoms with van der Waals surface area (Å²) >= 11 is 1.51. The number of imide groups is 1. The van der Waals surface area contributed by atoms with E-state index in [9.17, 15) is 9.59 Å². The number of anilines is 2. The first kappa shape index (κ1) is 24.8. The predicted molar refractivity (Wildman–Crippen MR) is 153 cm³/mol. The van der Waals surface area contributed by atoms with Crippen LogP contribution in [0.1, 0.15) is 53.8 Å². The van der Waals surface area contributed by atoms with Gasteiger partial charge in [-0.25, -0.2) is 4.90 Å². The highest BCUT2D eigenvalue weighted by molar-refractivity contribution is 7.98. The van der Waals surface area contributed by atoms with Crippen molar-refractivity contribution in [3.63, 3.8) is 0 Å². The SMILES string of the molecule is CSc1ccccc1N1C(=O)c2ccc(Oc3ccc(NC4=CC(C)[C@@H]5CC[C@@H](C)C[C@@H]45)cc3)cc2C1=O. The highest BCUT2D eigenvalue weighted by Gasteiger charge is 2.39. The number of nitrogens with one attached hydrogen (secondary N) is 1. The zero-order valence-corrected chi connectivity index (χ0v) is 22.8. The van der Waals surface area contributed by atoms with Crippen LogP contribution in [0.4, 0.5) is 11.4 Å². The number of benzene rings is 3. The summed E-state index contributed by atoms with van der Waals surface area (Å²) in [5.41, 5.74) is 3.77. The lowest BCUT2D eigenvalue weighted by molar-refractivity contribution is 0.0925.